The summed E-state index contributed by atoms with van der Waals surface area (Å²) in [4.78, 5) is 6.92. The van der Waals surface area contributed by atoms with Gasteiger partial charge in [0.2, 0.25) is 6.86 Å². The van der Waals surface area contributed by atoms with Crippen LogP contribution in [0.2, 0.25) is 0 Å². The quantitative estimate of drug-likeness (QED) is 0.739. The molecule has 0 saturated carbocycles. The molecule has 2 rings (SSSR count). The fraction of sp³-hybridized carbons (Fsp3) is 0.125. The first kappa shape index (κ1) is 7.09. The molecule has 0 amide bonds. The predicted molar refractivity (Wildman–Crippen MR) is 42.7 cm³/mol. The molecule has 1 aromatic heterocycles. The van der Waals surface area contributed by atoms with Crippen molar-refractivity contribution in [2.45, 2.75) is 0 Å². The molecule has 0 atom stereocenters. The minimum atomic E-state index is -0.806. The summed E-state index contributed by atoms with van der Waals surface area (Å²) in [6.07, 6.45) is 1.59. The normalized spacial score (nSPS) is 10.4. The summed E-state index contributed by atoms with van der Waals surface area (Å²) in [7, 11) is 0. The Morgan fingerprint density at radius 1 is 1.50 bits per heavy atom. The number of hydrogen-bond donors (Lipinski definition) is 1. The smallest absolute Gasteiger partial charge is 0.228 e. The van der Waals surface area contributed by atoms with Gasteiger partial charge >= 0.3 is 0 Å². The van der Waals surface area contributed by atoms with E-state index >= 15 is 0 Å². The first-order chi connectivity index (χ1) is 5.90. The number of H-pyrrole nitrogens is 1. The van der Waals surface area contributed by atoms with Crippen LogP contribution in [0.15, 0.2) is 24.5 Å². The SMILES string of the molecule is FCOc1ccc2nc[nH]c2c1. The van der Waals surface area contributed by atoms with E-state index in [4.69, 9.17) is 0 Å². The topological polar surface area (TPSA) is 37.9 Å². The van der Waals surface area contributed by atoms with Crippen LogP contribution >= 0.6 is 0 Å². The highest BCUT2D eigenvalue weighted by molar-refractivity contribution is 5.75. The van der Waals surface area contributed by atoms with Crippen molar-refractivity contribution < 1.29 is 9.13 Å². The maximum absolute atomic E-state index is 11.8. The number of benzene rings is 1. The van der Waals surface area contributed by atoms with Crippen molar-refractivity contribution in [3.8, 4) is 5.75 Å². The molecule has 4 heteroatoms. The number of nitrogens with zero attached hydrogens (tertiary/aromatic N) is 1. The van der Waals surface area contributed by atoms with Crippen LogP contribution in [0.1, 0.15) is 0 Å². The van der Waals surface area contributed by atoms with Gasteiger partial charge in [-0.15, -0.1) is 0 Å². The Labute approximate surface area is 68.2 Å². The van der Waals surface area contributed by atoms with E-state index in [0.717, 1.165) is 11.0 Å². The minimum absolute atomic E-state index is 0.509. The van der Waals surface area contributed by atoms with Gasteiger partial charge in [0.1, 0.15) is 5.75 Å². The zero-order valence-corrected chi connectivity index (χ0v) is 6.25. The first-order valence-corrected chi connectivity index (χ1v) is 3.52. The third-order valence-corrected chi connectivity index (χ3v) is 1.61. The van der Waals surface area contributed by atoms with E-state index in [1.807, 2.05) is 0 Å². The largest absolute Gasteiger partial charge is 0.463 e. The Balaban J connectivity index is 2.46. The van der Waals surface area contributed by atoms with Crippen molar-refractivity contribution in [3.05, 3.63) is 24.5 Å². The van der Waals surface area contributed by atoms with E-state index in [0.29, 0.717) is 5.75 Å². The molecular formula is C8H7FN2O. The maximum Gasteiger partial charge on any atom is 0.228 e. The molecule has 1 aromatic carbocycles. The lowest BCUT2D eigenvalue weighted by atomic mass is 10.3. The lowest BCUT2D eigenvalue weighted by Gasteiger charge is -1.98. The van der Waals surface area contributed by atoms with E-state index in [-0.39, 0.29) is 0 Å². The number of ether oxygens (including phenoxy) is 1. The van der Waals surface area contributed by atoms with Gasteiger partial charge in [0.05, 0.1) is 17.4 Å². The van der Waals surface area contributed by atoms with E-state index < -0.39 is 6.86 Å². The van der Waals surface area contributed by atoms with Crippen molar-refractivity contribution in [2.24, 2.45) is 0 Å². The second-order valence-corrected chi connectivity index (χ2v) is 2.33. The number of aromatic nitrogens is 2. The van der Waals surface area contributed by atoms with E-state index in [9.17, 15) is 4.39 Å². The van der Waals surface area contributed by atoms with E-state index in [1.165, 1.54) is 0 Å². The van der Waals surface area contributed by atoms with Crippen LogP contribution < -0.4 is 4.74 Å². The van der Waals surface area contributed by atoms with Crippen molar-refractivity contribution in [3.63, 3.8) is 0 Å². The van der Waals surface area contributed by atoms with Gasteiger partial charge in [-0.05, 0) is 12.1 Å². The zero-order valence-electron chi connectivity index (χ0n) is 6.25. The van der Waals surface area contributed by atoms with Crippen molar-refractivity contribution in [2.75, 3.05) is 6.86 Å². The standard InChI is InChI=1S/C8H7FN2O/c9-4-12-6-1-2-7-8(3-6)11-5-10-7/h1-3,5H,4H2,(H,10,11). The summed E-state index contributed by atoms with van der Waals surface area (Å²) in [5.74, 6) is 0.509. The molecule has 1 heterocycles. The highest BCUT2D eigenvalue weighted by atomic mass is 19.1. The molecule has 12 heavy (non-hydrogen) atoms. The van der Waals surface area contributed by atoms with Gasteiger partial charge in [-0.3, -0.25) is 0 Å². The molecule has 0 bridgehead atoms. The van der Waals surface area contributed by atoms with Crippen LogP contribution in [0.4, 0.5) is 4.39 Å². The number of imidazole rings is 1. The van der Waals surface area contributed by atoms with Gasteiger partial charge < -0.3 is 9.72 Å². The van der Waals surface area contributed by atoms with Gasteiger partial charge in [0.15, 0.2) is 0 Å². The van der Waals surface area contributed by atoms with Crippen molar-refractivity contribution in [1.82, 2.24) is 9.97 Å². The summed E-state index contributed by atoms with van der Waals surface area (Å²) in [5.41, 5.74) is 1.70. The molecule has 1 N–H and O–H groups in total. The Kier molecular flexibility index (Phi) is 1.66. The van der Waals surface area contributed by atoms with Crippen LogP contribution in [-0.4, -0.2) is 16.8 Å². The molecule has 2 aromatic rings. The summed E-state index contributed by atoms with van der Waals surface area (Å²) in [5, 5.41) is 0. The molecule has 0 aliphatic heterocycles. The number of aromatic amines is 1. The number of hydrogen-bond acceptors (Lipinski definition) is 2. The highest BCUT2D eigenvalue weighted by Crippen LogP contribution is 2.17. The van der Waals surface area contributed by atoms with Crippen LogP contribution in [0.5, 0.6) is 5.75 Å². The summed E-state index contributed by atoms with van der Waals surface area (Å²) < 4.78 is 16.4. The number of rotatable bonds is 2. The first-order valence-electron chi connectivity index (χ1n) is 3.52. The molecule has 0 fully saturated rings. The average Bonchev–Trinajstić information content (AvgIpc) is 2.51. The van der Waals surface area contributed by atoms with Crippen molar-refractivity contribution >= 4 is 11.0 Å². The molecular weight excluding hydrogens is 159 g/mol. The number of halogens is 1. The second kappa shape index (κ2) is 2.81. The van der Waals surface area contributed by atoms with Gasteiger partial charge in [-0.2, -0.15) is 0 Å². The molecule has 0 radical (unpaired) electrons. The van der Waals surface area contributed by atoms with E-state index in [1.54, 1.807) is 24.5 Å². The zero-order chi connectivity index (χ0) is 8.39. The Bertz CT molecular complexity index is 385. The van der Waals surface area contributed by atoms with Crippen LogP contribution in [-0.2, 0) is 0 Å². The summed E-state index contributed by atoms with van der Waals surface area (Å²) in [6, 6.07) is 5.17. The lowest BCUT2D eigenvalue weighted by molar-refractivity contribution is 0.192. The predicted octanol–water partition coefficient (Wildman–Crippen LogP) is 1.87. The Morgan fingerprint density at radius 2 is 2.42 bits per heavy atom. The summed E-state index contributed by atoms with van der Waals surface area (Å²) in [6.45, 7) is -0.806. The molecule has 0 aliphatic rings. The fourth-order valence-corrected chi connectivity index (χ4v) is 1.07. The highest BCUT2D eigenvalue weighted by Gasteiger charge is 1.97. The van der Waals surface area contributed by atoms with Crippen LogP contribution in [0.3, 0.4) is 0 Å². The van der Waals surface area contributed by atoms with Gasteiger partial charge in [-0.25, -0.2) is 9.37 Å². The fourth-order valence-electron chi connectivity index (χ4n) is 1.07. The van der Waals surface area contributed by atoms with Crippen LogP contribution in [0, 0.1) is 0 Å². The monoisotopic (exact) mass is 166 g/mol. The molecule has 0 unspecified atom stereocenters. The maximum atomic E-state index is 11.8. The third kappa shape index (κ3) is 1.11. The Hall–Kier alpha value is -1.58. The second-order valence-electron chi connectivity index (χ2n) is 2.33. The van der Waals surface area contributed by atoms with Gasteiger partial charge in [-0.1, -0.05) is 0 Å². The molecule has 0 spiro atoms. The number of fused-ring (bicyclic) bond motifs is 1. The van der Waals surface area contributed by atoms with Crippen molar-refractivity contribution in [1.29, 1.82) is 0 Å². The number of alkyl halides is 1. The van der Waals surface area contributed by atoms with E-state index in [2.05, 4.69) is 14.7 Å². The Morgan fingerprint density at radius 3 is 3.25 bits per heavy atom. The molecule has 0 saturated heterocycles. The molecule has 0 aliphatic carbocycles. The minimum Gasteiger partial charge on any atom is -0.463 e. The van der Waals surface area contributed by atoms with Gasteiger partial charge in [0.25, 0.3) is 0 Å². The average molecular weight is 166 g/mol. The lowest BCUT2D eigenvalue weighted by Crippen LogP contribution is -1.88. The molecule has 3 nitrogen and oxygen atoms in total. The third-order valence-electron chi connectivity index (χ3n) is 1.61. The summed E-state index contributed by atoms with van der Waals surface area (Å²) >= 11 is 0. The number of nitrogens with one attached hydrogen (secondary N) is 1. The molecule has 62 valence electrons. The van der Waals surface area contributed by atoms with Gasteiger partial charge in [0, 0.05) is 6.07 Å². The van der Waals surface area contributed by atoms with Crippen LogP contribution in [0.25, 0.3) is 11.0 Å².